The van der Waals surface area contributed by atoms with Gasteiger partial charge in [0.25, 0.3) is 0 Å². The van der Waals surface area contributed by atoms with Crippen molar-refractivity contribution in [3.8, 4) is 11.3 Å². The lowest BCUT2D eigenvalue weighted by molar-refractivity contribution is 0.898. The summed E-state index contributed by atoms with van der Waals surface area (Å²) in [6, 6.07) is 19.8. The lowest BCUT2D eigenvalue weighted by Gasteiger charge is -2.00. The number of aromatic nitrogens is 3. The number of nitrogens with zero attached hydrogens (tertiary/aromatic N) is 4. The molecule has 2 N–H and O–H groups in total. The van der Waals surface area contributed by atoms with Crippen molar-refractivity contribution in [3.05, 3.63) is 78.6 Å². The van der Waals surface area contributed by atoms with Crippen molar-refractivity contribution in [1.82, 2.24) is 14.6 Å². The Bertz CT molecular complexity index is 1010. The third kappa shape index (κ3) is 2.63. The van der Waals surface area contributed by atoms with E-state index in [2.05, 4.69) is 15.1 Å². The van der Waals surface area contributed by atoms with Crippen LogP contribution in [0.4, 0.5) is 5.95 Å². The van der Waals surface area contributed by atoms with Crippen LogP contribution in [0.3, 0.4) is 0 Å². The maximum absolute atomic E-state index is 5.98. The number of imidazole rings is 1. The molecule has 0 radical (unpaired) electrons. The third-order valence-electron chi connectivity index (χ3n) is 3.79. The first-order valence-electron chi connectivity index (χ1n) is 7.60. The van der Waals surface area contributed by atoms with E-state index in [-0.39, 0.29) is 0 Å². The molecule has 5 heteroatoms. The summed E-state index contributed by atoms with van der Waals surface area (Å²) in [6.45, 7) is 0. The Morgan fingerprint density at radius 1 is 0.958 bits per heavy atom. The second-order valence-corrected chi connectivity index (χ2v) is 5.36. The van der Waals surface area contributed by atoms with E-state index in [9.17, 15) is 0 Å². The molecule has 4 rings (SSSR count). The summed E-state index contributed by atoms with van der Waals surface area (Å²) in [5, 5.41) is 5.50. The van der Waals surface area contributed by atoms with Crippen molar-refractivity contribution in [2.45, 2.75) is 0 Å². The van der Waals surface area contributed by atoms with Gasteiger partial charge in [0.1, 0.15) is 0 Å². The topological polar surface area (TPSA) is 69.1 Å². The van der Waals surface area contributed by atoms with Gasteiger partial charge in [0.2, 0.25) is 5.95 Å². The highest BCUT2D eigenvalue weighted by Crippen LogP contribution is 2.19. The first kappa shape index (κ1) is 14.1. The maximum Gasteiger partial charge on any atom is 0.221 e. The van der Waals surface area contributed by atoms with Crippen molar-refractivity contribution < 1.29 is 0 Å². The molecule has 4 aromatic rings. The van der Waals surface area contributed by atoms with Gasteiger partial charge in [0.05, 0.1) is 23.6 Å². The lowest BCUT2D eigenvalue weighted by atomic mass is 10.1. The van der Waals surface area contributed by atoms with Crippen LogP contribution in [0, 0.1) is 0 Å². The van der Waals surface area contributed by atoms with Crippen LogP contribution in [-0.2, 0) is 0 Å². The molecule has 2 aromatic heterocycles. The highest BCUT2D eigenvalue weighted by atomic mass is 15.4. The van der Waals surface area contributed by atoms with Gasteiger partial charge in [-0.25, -0.2) is 9.66 Å². The second kappa shape index (κ2) is 5.96. The molecule has 0 spiro atoms. The molecule has 0 atom stereocenters. The molecule has 24 heavy (non-hydrogen) atoms. The summed E-state index contributed by atoms with van der Waals surface area (Å²) in [7, 11) is 0. The Morgan fingerprint density at radius 3 is 2.62 bits per heavy atom. The van der Waals surface area contributed by atoms with Gasteiger partial charge in [0, 0.05) is 22.7 Å². The van der Waals surface area contributed by atoms with Gasteiger partial charge >= 0.3 is 0 Å². The van der Waals surface area contributed by atoms with Gasteiger partial charge in [-0.1, -0.05) is 48.5 Å². The number of fused-ring (bicyclic) bond motifs is 1. The van der Waals surface area contributed by atoms with Crippen LogP contribution in [0.15, 0.2) is 78.2 Å². The number of pyridine rings is 1. The highest BCUT2D eigenvalue weighted by molar-refractivity contribution is 5.97. The minimum absolute atomic E-state index is 0.350. The Kier molecular flexibility index (Phi) is 3.51. The van der Waals surface area contributed by atoms with Crippen LogP contribution in [0.5, 0.6) is 0 Å². The summed E-state index contributed by atoms with van der Waals surface area (Å²) in [6.07, 6.45) is 5.37. The fraction of sp³-hybridized carbons (Fsp3) is 0. The van der Waals surface area contributed by atoms with E-state index in [0.717, 1.165) is 27.7 Å². The van der Waals surface area contributed by atoms with E-state index in [1.807, 2.05) is 66.9 Å². The number of anilines is 1. The lowest BCUT2D eigenvalue weighted by Crippen LogP contribution is -1.97. The summed E-state index contributed by atoms with van der Waals surface area (Å²) in [5.41, 5.74) is 9.70. The van der Waals surface area contributed by atoms with Gasteiger partial charge in [0.15, 0.2) is 0 Å². The summed E-state index contributed by atoms with van der Waals surface area (Å²) < 4.78 is 1.58. The average Bonchev–Trinajstić information content (AvgIpc) is 3.01. The molecular formula is C19H15N5. The summed E-state index contributed by atoms with van der Waals surface area (Å²) in [5.74, 6) is 0.350. The van der Waals surface area contributed by atoms with Crippen LogP contribution in [0.2, 0.25) is 0 Å². The molecule has 0 bridgehead atoms. The molecule has 0 unspecified atom stereocenters. The number of benzene rings is 2. The van der Waals surface area contributed by atoms with Crippen LogP contribution >= 0.6 is 0 Å². The number of nitrogen functional groups attached to an aromatic ring is 1. The molecule has 0 amide bonds. The minimum Gasteiger partial charge on any atom is -0.368 e. The summed E-state index contributed by atoms with van der Waals surface area (Å²) >= 11 is 0. The van der Waals surface area contributed by atoms with Crippen molar-refractivity contribution in [2.75, 3.05) is 5.73 Å². The van der Waals surface area contributed by atoms with Crippen molar-refractivity contribution in [2.24, 2.45) is 5.10 Å². The predicted molar refractivity (Wildman–Crippen MR) is 96.8 cm³/mol. The van der Waals surface area contributed by atoms with E-state index < -0.39 is 0 Å². The Hall–Kier alpha value is -3.47. The van der Waals surface area contributed by atoms with E-state index in [1.54, 1.807) is 17.1 Å². The van der Waals surface area contributed by atoms with Crippen molar-refractivity contribution in [3.63, 3.8) is 0 Å². The first-order chi connectivity index (χ1) is 11.8. The quantitative estimate of drug-likeness (QED) is 0.588. The van der Waals surface area contributed by atoms with E-state index in [4.69, 9.17) is 5.73 Å². The number of para-hydroxylation sites is 1. The van der Waals surface area contributed by atoms with Crippen LogP contribution < -0.4 is 5.73 Å². The first-order valence-corrected chi connectivity index (χ1v) is 7.60. The molecular weight excluding hydrogens is 298 g/mol. The zero-order valence-electron chi connectivity index (χ0n) is 12.9. The van der Waals surface area contributed by atoms with Crippen LogP contribution in [-0.4, -0.2) is 20.9 Å². The van der Waals surface area contributed by atoms with Gasteiger partial charge in [-0.15, -0.1) is 0 Å². The minimum atomic E-state index is 0.350. The van der Waals surface area contributed by atoms with Crippen molar-refractivity contribution >= 4 is 23.1 Å². The standard InChI is InChI=1S/C19H15N5/c20-19-23-18(14-6-2-1-3-7-14)13-24(19)22-12-15-10-11-21-17-9-5-4-8-16(15)17/h1-13H,(H2,20,23)/b22-12+. The molecule has 0 aliphatic carbocycles. The molecule has 0 saturated heterocycles. The molecule has 5 nitrogen and oxygen atoms in total. The summed E-state index contributed by atoms with van der Waals surface area (Å²) in [4.78, 5) is 8.72. The molecule has 0 aliphatic heterocycles. The van der Waals surface area contributed by atoms with Crippen LogP contribution in [0.1, 0.15) is 5.56 Å². The fourth-order valence-electron chi connectivity index (χ4n) is 2.58. The molecule has 0 saturated carbocycles. The fourth-order valence-corrected chi connectivity index (χ4v) is 2.58. The smallest absolute Gasteiger partial charge is 0.221 e. The Labute approximate surface area is 139 Å². The maximum atomic E-state index is 5.98. The van der Waals surface area contributed by atoms with E-state index >= 15 is 0 Å². The van der Waals surface area contributed by atoms with Gasteiger partial charge in [-0.2, -0.15) is 5.10 Å². The number of hydrogen-bond donors (Lipinski definition) is 1. The molecule has 116 valence electrons. The van der Waals surface area contributed by atoms with E-state index in [1.165, 1.54) is 0 Å². The van der Waals surface area contributed by atoms with E-state index in [0.29, 0.717) is 5.95 Å². The van der Waals surface area contributed by atoms with Gasteiger partial charge < -0.3 is 5.73 Å². The van der Waals surface area contributed by atoms with Crippen molar-refractivity contribution in [1.29, 1.82) is 0 Å². The largest absolute Gasteiger partial charge is 0.368 e. The monoisotopic (exact) mass is 313 g/mol. The number of nitrogens with two attached hydrogens (primary N) is 1. The van der Waals surface area contributed by atoms with Crippen LogP contribution in [0.25, 0.3) is 22.2 Å². The number of rotatable bonds is 3. The Balaban J connectivity index is 1.70. The SMILES string of the molecule is Nc1nc(-c2ccccc2)cn1/N=C/c1ccnc2ccccc12. The van der Waals surface area contributed by atoms with Gasteiger partial charge in [-0.3, -0.25) is 4.98 Å². The molecule has 0 fully saturated rings. The second-order valence-electron chi connectivity index (χ2n) is 5.36. The predicted octanol–water partition coefficient (Wildman–Crippen LogP) is 3.56. The average molecular weight is 313 g/mol. The molecule has 0 aliphatic rings. The van der Waals surface area contributed by atoms with Gasteiger partial charge in [-0.05, 0) is 12.1 Å². The number of hydrogen-bond acceptors (Lipinski definition) is 4. The normalized spacial score (nSPS) is 11.3. The zero-order chi connectivity index (χ0) is 16.4. The zero-order valence-corrected chi connectivity index (χ0v) is 12.9. The molecule has 2 aromatic carbocycles. The molecule has 2 heterocycles. The third-order valence-corrected chi connectivity index (χ3v) is 3.79. The highest BCUT2D eigenvalue weighted by Gasteiger charge is 2.06. The Morgan fingerprint density at radius 2 is 1.75 bits per heavy atom.